The molecule has 0 spiro atoms. The van der Waals surface area contributed by atoms with E-state index in [1.165, 1.54) is 30.3 Å². The van der Waals surface area contributed by atoms with E-state index in [-0.39, 0.29) is 24.1 Å². The second-order valence-electron chi connectivity index (χ2n) is 6.14. The number of benzene rings is 2. The van der Waals surface area contributed by atoms with Gasteiger partial charge in [0, 0.05) is 6.04 Å². The van der Waals surface area contributed by atoms with Crippen LogP contribution in [0.2, 0.25) is 0 Å². The van der Waals surface area contributed by atoms with E-state index in [4.69, 9.17) is 0 Å². The summed E-state index contributed by atoms with van der Waals surface area (Å²) in [6.07, 6.45) is 0. The number of carbonyl (C=O) groups excluding carboxylic acids is 1. The summed E-state index contributed by atoms with van der Waals surface area (Å²) in [4.78, 5) is 13.6. The Morgan fingerprint density at radius 1 is 1.11 bits per heavy atom. The van der Waals surface area contributed by atoms with Gasteiger partial charge in [-0.25, -0.2) is 12.8 Å². The maximum absolute atomic E-state index is 13.1. The number of alkyl halides is 2. The zero-order valence-corrected chi connectivity index (χ0v) is 16.2. The van der Waals surface area contributed by atoms with E-state index in [1.807, 2.05) is 13.8 Å². The van der Waals surface area contributed by atoms with Gasteiger partial charge < -0.3 is 5.32 Å². The molecule has 5 nitrogen and oxygen atoms in total. The van der Waals surface area contributed by atoms with Gasteiger partial charge in [-0.2, -0.15) is 8.78 Å². The average molecular weight is 414 g/mol. The van der Waals surface area contributed by atoms with Crippen molar-refractivity contribution in [2.45, 2.75) is 30.5 Å². The minimum absolute atomic E-state index is 0.0991. The van der Waals surface area contributed by atoms with Gasteiger partial charge >= 0.3 is 5.76 Å². The molecule has 1 N–H and O–H groups in total. The van der Waals surface area contributed by atoms with Crippen molar-refractivity contribution < 1.29 is 26.4 Å². The molecule has 2 aromatic rings. The molecule has 0 fully saturated rings. The van der Waals surface area contributed by atoms with Crippen LogP contribution in [0.4, 0.5) is 18.9 Å². The molecule has 0 bridgehead atoms. The monoisotopic (exact) mass is 414 g/mol. The molecule has 0 radical (unpaired) electrons. The number of nitrogens with zero attached hydrogens (tertiary/aromatic N) is 1. The van der Waals surface area contributed by atoms with Gasteiger partial charge in [0.25, 0.3) is 0 Å². The topological polar surface area (TPSA) is 66.5 Å². The van der Waals surface area contributed by atoms with E-state index in [2.05, 4.69) is 5.32 Å². The first-order chi connectivity index (χ1) is 13.2. The molecule has 0 saturated heterocycles. The molecule has 2 rings (SSSR count). The highest BCUT2D eigenvalue weighted by Gasteiger charge is 2.29. The predicted octanol–water partition coefficient (Wildman–Crippen LogP) is 3.84. The van der Waals surface area contributed by atoms with Gasteiger partial charge in [0.15, 0.2) is 0 Å². The Morgan fingerprint density at radius 3 is 2.29 bits per heavy atom. The predicted molar refractivity (Wildman–Crippen MR) is 100 cm³/mol. The zero-order chi connectivity index (χ0) is 20.9. The Hall–Kier alpha value is -2.39. The van der Waals surface area contributed by atoms with Crippen molar-refractivity contribution in [3.63, 3.8) is 0 Å². The van der Waals surface area contributed by atoms with Gasteiger partial charge in [-0.05, 0) is 43.3 Å². The van der Waals surface area contributed by atoms with E-state index in [1.54, 1.807) is 17.0 Å². The number of para-hydroxylation sites is 1. The third-order valence-corrected chi connectivity index (χ3v) is 5.79. The third kappa shape index (κ3) is 5.11. The maximum Gasteiger partial charge on any atom is 0.341 e. The van der Waals surface area contributed by atoms with Crippen molar-refractivity contribution >= 4 is 21.4 Å². The Kier molecular flexibility index (Phi) is 7.20. The molecule has 0 aliphatic rings. The lowest BCUT2D eigenvalue weighted by Gasteiger charge is -2.27. The van der Waals surface area contributed by atoms with Crippen molar-refractivity contribution in [2.75, 3.05) is 18.4 Å². The van der Waals surface area contributed by atoms with Gasteiger partial charge in [0.05, 0.1) is 17.1 Å². The molecule has 1 atom stereocenters. The van der Waals surface area contributed by atoms with Crippen molar-refractivity contribution in [3.8, 4) is 0 Å². The third-order valence-electron chi connectivity index (χ3n) is 4.36. The first kappa shape index (κ1) is 21.9. The van der Waals surface area contributed by atoms with Gasteiger partial charge in [-0.3, -0.25) is 9.69 Å². The van der Waals surface area contributed by atoms with Crippen LogP contribution in [0.15, 0.2) is 53.4 Å². The average Bonchev–Trinajstić information content (AvgIpc) is 2.66. The van der Waals surface area contributed by atoms with Crippen molar-refractivity contribution in [3.05, 3.63) is 59.9 Å². The Labute approximate surface area is 162 Å². The minimum Gasteiger partial charge on any atom is -0.324 e. The molecule has 28 heavy (non-hydrogen) atoms. The number of nitrogens with one attached hydrogen (secondary N) is 1. The van der Waals surface area contributed by atoms with Gasteiger partial charge in [-0.15, -0.1) is 0 Å². The Morgan fingerprint density at radius 2 is 1.71 bits per heavy atom. The van der Waals surface area contributed by atoms with Crippen molar-refractivity contribution in [1.29, 1.82) is 0 Å². The lowest BCUT2D eigenvalue weighted by atomic mass is 10.1. The van der Waals surface area contributed by atoms with E-state index in [9.17, 15) is 26.4 Å². The maximum atomic E-state index is 13.1. The first-order valence-electron chi connectivity index (χ1n) is 8.57. The summed E-state index contributed by atoms with van der Waals surface area (Å²) in [6, 6.07) is 10.7. The van der Waals surface area contributed by atoms with Crippen LogP contribution in [0.25, 0.3) is 0 Å². The second-order valence-corrected chi connectivity index (χ2v) is 8.03. The van der Waals surface area contributed by atoms with Crippen LogP contribution in [0, 0.1) is 5.82 Å². The molecular weight excluding hydrogens is 393 g/mol. The summed E-state index contributed by atoms with van der Waals surface area (Å²) in [6.45, 7) is 4.07. The summed E-state index contributed by atoms with van der Waals surface area (Å²) >= 11 is 0. The number of anilines is 1. The second kappa shape index (κ2) is 9.20. The number of hydrogen-bond donors (Lipinski definition) is 1. The lowest BCUT2D eigenvalue weighted by molar-refractivity contribution is -0.117. The zero-order valence-electron chi connectivity index (χ0n) is 15.4. The number of rotatable bonds is 8. The fourth-order valence-electron chi connectivity index (χ4n) is 2.76. The van der Waals surface area contributed by atoms with Crippen LogP contribution < -0.4 is 5.32 Å². The van der Waals surface area contributed by atoms with Crippen LogP contribution in [0.3, 0.4) is 0 Å². The molecule has 152 valence electrons. The number of carbonyl (C=O) groups is 1. The number of hydrogen-bond acceptors (Lipinski definition) is 4. The van der Waals surface area contributed by atoms with Crippen LogP contribution in [-0.2, 0) is 14.6 Å². The normalized spacial score (nSPS) is 13.0. The number of sulfone groups is 1. The Bertz CT molecular complexity index is 918. The fraction of sp³-hybridized carbons (Fsp3) is 0.316. The molecule has 2 aromatic carbocycles. The van der Waals surface area contributed by atoms with Gasteiger partial charge in [0.2, 0.25) is 15.7 Å². The molecular formula is C19H21F3N2O3S. The largest absolute Gasteiger partial charge is 0.341 e. The minimum atomic E-state index is -4.85. The van der Waals surface area contributed by atoms with Gasteiger partial charge in [0.1, 0.15) is 5.82 Å². The summed E-state index contributed by atoms with van der Waals surface area (Å²) in [5.74, 6) is -4.50. The van der Waals surface area contributed by atoms with Crippen molar-refractivity contribution in [2.24, 2.45) is 0 Å². The number of amides is 1. The summed E-state index contributed by atoms with van der Waals surface area (Å²) in [7, 11) is -4.85. The van der Waals surface area contributed by atoms with E-state index in [0.717, 1.165) is 11.6 Å². The van der Waals surface area contributed by atoms with Crippen molar-refractivity contribution in [1.82, 2.24) is 4.90 Å². The summed E-state index contributed by atoms with van der Waals surface area (Å²) in [5, 5.41) is 2.40. The quantitative estimate of drug-likeness (QED) is 0.713. The van der Waals surface area contributed by atoms with Crippen LogP contribution in [0.5, 0.6) is 0 Å². The highest BCUT2D eigenvalue weighted by Crippen LogP contribution is 2.26. The Balaban J connectivity index is 2.16. The smallest absolute Gasteiger partial charge is 0.324 e. The SMILES string of the molecule is CCN(CC(=O)Nc1ccccc1S(=O)(=O)C(F)F)C(C)c1ccc(F)cc1. The highest BCUT2D eigenvalue weighted by molar-refractivity contribution is 7.91. The standard InChI is InChI=1S/C19H21F3N2O3S/c1-3-24(13(2)14-8-10-15(20)11-9-14)12-18(25)23-16-6-4-5-7-17(16)28(26,27)19(21)22/h4-11,13,19H,3,12H2,1-2H3,(H,23,25). The van der Waals surface area contributed by atoms with Crippen LogP contribution >= 0.6 is 0 Å². The number of likely N-dealkylation sites (N-methyl/N-ethyl adjacent to an activating group) is 1. The van der Waals surface area contributed by atoms with Gasteiger partial charge in [-0.1, -0.05) is 31.2 Å². The molecule has 0 heterocycles. The summed E-state index contributed by atoms with van der Waals surface area (Å²) in [5.41, 5.74) is 0.606. The number of halogens is 3. The molecule has 0 aliphatic carbocycles. The van der Waals surface area contributed by atoms with Crippen LogP contribution in [-0.4, -0.2) is 38.1 Å². The fourth-order valence-corrected chi connectivity index (χ4v) is 3.65. The van der Waals surface area contributed by atoms with Crippen LogP contribution in [0.1, 0.15) is 25.5 Å². The molecule has 1 amide bonds. The van der Waals surface area contributed by atoms with E-state index in [0.29, 0.717) is 6.54 Å². The highest BCUT2D eigenvalue weighted by atomic mass is 32.2. The molecule has 0 aliphatic heterocycles. The van der Waals surface area contributed by atoms with E-state index >= 15 is 0 Å². The molecule has 0 aromatic heterocycles. The lowest BCUT2D eigenvalue weighted by Crippen LogP contribution is -2.35. The molecule has 0 saturated carbocycles. The summed E-state index contributed by atoms with van der Waals surface area (Å²) < 4.78 is 62.4. The molecule has 1 unspecified atom stereocenters. The van der Waals surface area contributed by atoms with E-state index < -0.39 is 26.4 Å². The molecule has 9 heteroatoms. The first-order valence-corrected chi connectivity index (χ1v) is 10.1.